The number of ether oxygens (including phenoxy) is 1. The van der Waals surface area contributed by atoms with E-state index in [1.54, 1.807) is 0 Å². The third-order valence-corrected chi connectivity index (χ3v) is 2.23. The van der Waals surface area contributed by atoms with Crippen molar-refractivity contribution < 1.29 is 4.74 Å². The van der Waals surface area contributed by atoms with Crippen LogP contribution in [-0.4, -0.2) is 37.7 Å². The van der Waals surface area contributed by atoms with Gasteiger partial charge in [-0.15, -0.1) is 0 Å². The van der Waals surface area contributed by atoms with Gasteiger partial charge in [-0.2, -0.15) is 0 Å². The number of likely N-dealkylation sites (N-methyl/N-ethyl adjacent to an activating group) is 1. The Morgan fingerprint density at radius 3 is 2.50 bits per heavy atom. The first-order valence-corrected chi connectivity index (χ1v) is 4.00. The molecule has 0 saturated carbocycles. The lowest BCUT2D eigenvalue weighted by Gasteiger charge is -2.33. The second-order valence-corrected chi connectivity index (χ2v) is 3.25. The Bertz CT molecular complexity index is 103. The molecule has 0 spiro atoms. The molecule has 1 aliphatic rings. The second-order valence-electron chi connectivity index (χ2n) is 3.25. The predicted molar refractivity (Wildman–Crippen MR) is 42.1 cm³/mol. The van der Waals surface area contributed by atoms with Crippen LogP contribution in [0.15, 0.2) is 0 Å². The Balaban J connectivity index is 2.40. The van der Waals surface area contributed by atoms with E-state index in [4.69, 9.17) is 4.74 Å². The Labute approximate surface area is 63.2 Å². The fourth-order valence-electron chi connectivity index (χ4n) is 1.59. The van der Waals surface area contributed by atoms with E-state index in [0.717, 1.165) is 6.61 Å². The molecule has 1 rings (SSSR count). The van der Waals surface area contributed by atoms with Gasteiger partial charge in [0.2, 0.25) is 0 Å². The number of hydrogen-bond acceptors (Lipinski definition) is 2. The zero-order chi connectivity index (χ0) is 7.56. The van der Waals surface area contributed by atoms with Crippen molar-refractivity contribution in [1.29, 1.82) is 0 Å². The molecule has 0 aliphatic carbocycles. The lowest BCUT2D eigenvalue weighted by molar-refractivity contribution is -0.0270. The minimum absolute atomic E-state index is 0.420. The molecule has 0 aromatic rings. The van der Waals surface area contributed by atoms with Crippen LogP contribution in [0.1, 0.15) is 19.8 Å². The van der Waals surface area contributed by atoms with Crippen LogP contribution in [0.5, 0.6) is 0 Å². The van der Waals surface area contributed by atoms with Gasteiger partial charge in [0.1, 0.15) is 0 Å². The van der Waals surface area contributed by atoms with Crippen molar-refractivity contribution in [2.45, 2.75) is 31.9 Å². The molecule has 2 heteroatoms. The maximum atomic E-state index is 5.51. The highest BCUT2D eigenvalue weighted by Gasteiger charge is 2.22. The van der Waals surface area contributed by atoms with Crippen LogP contribution in [-0.2, 0) is 4.74 Å². The van der Waals surface area contributed by atoms with E-state index in [0.29, 0.717) is 12.1 Å². The van der Waals surface area contributed by atoms with E-state index in [9.17, 15) is 0 Å². The fourth-order valence-corrected chi connectivity index (χ4v) is 1.59. The topological polar surface area (TPSA) is 12.5 Å². The smallest absolute Gasteiger partial charge is 0.0701 e. The van der Waals surface area contributed by atoms with Crippen LogP contribution < -0.4 is 0 Å². The molecule has 0 amide bonds. The Kier molecular flexibility index (Phi) is 2.69. The Morgan fingerprint density at radius 2 is 2.10 bits per heavy atom. The maximum absolute atomic E-state index is 5.51. The predicted octanol–water partition coefficient (Wildman–Crippen LogP) is 1.12. The zero-order valence-corrected chi connectivity index (χ0v) is 7.13. The van der Waals surface area contributed by atoms with Crippen LogP contribution in [0.3, 0.4) is 0 Å². The second kappa shape index (κ2) is 3.35. The first kappa shape index (κ1) is 8.02. The van der Waals surface area contributed by atoms with Gasteiger partial charge in [0, 0.05) is 12.6 Å². The molecule has 1 aliphatic heterocycles. The van der Waals surface area contributed by atoms with E-state index >= 15 is 0 Å². The minimum atomic E-state index is 0.420. The first-order valence-electron chi connectivity index (χ1n) is 4.00. The van der Waals surface area contributed by atoms with Crippen molar-refractivity contribution in [3.05, 3.63) is 0 Å². The van der Waals surface area contributed by atoms with E-state index in [-0.39, 0.29) is 0 Å². The summed E-state index contributed by atoms with van der Waals surface area (Å²) >= 11 is 0. The van der Waals surface area contributed by atoms with Gasteiger partial charge in [0.05, 0.1) is 6.10 Å². The normalized spacial score (nSPS) is 34.8. The highest BCUT2D eigenvalue weighted by Crippen LogP contribution is 2.16. The van der Waals surface area contributed by atoms with Crippen LogP contribution in [0.4, 0.5) is 0 Å². The zero-order valence-electron chi connectivity index (χ0n) is 7.13. The molecule has 0 bridgehead atoms. The highest BCUT2D eigenvalue weighted by molar-refractivity contribution is 4.76. The molecular weight excluding hydrogens is 126 g/mol. The van der Waals surface area contributed by atoms with Crippen molar-refractivity contribution in [2.75, 3.05) is 20.7 Å². The summed E-state index contributed by atoms with van der Waals surface area (Å²) in [4.78, 5) is 2.25. The van der Waals surface area contributed by atoms with Gasteiger partial charge < -0.3 is 9.64 Å². The van der Waals surface area contributed by atoms with Crippen molar-refractivity contribution in [3.63, 3.8) is 0 Å². The lowest BCUT2D eigenvalue weighted by atomic mass is 10.0. The van der Waals surface area contributed by atoms with E-state index in [1.807, 2.05) is 0 Å². The molecule has 0 radical (unpaired) electrons. The summed E-state index contributed by atoms with van der Waals surface area (Å²) in [6, 6.07) is 0.633. The van der Waals surface area contributed by atoms with Gasteiger partial charge in [-0.1, -0.05) is 0 Å². The molecule has 0 N–H and O–H groups in total. The number of rotatable bonds is 1. The summed E-state index contributed by atoms with van der Waals surface area (Å²) in [6.07, 6.45) is 2.92. The van der Waals surface area contributed by atoms with Crippen molar-refractivity contribution >= 4 is 0 Å². The molecule has 1 saturated heterocycles. The molecule has 10 heavy (non-hydrogen) atoms. The maximum Gasteiger partial charge on any atom is 0.0701 e. The average Bonchev–Trinajstić information content (AvgIpc) is 1.88. The third-order valence-electron chi connectivity index (χ3n) is 2.23. The average molecular weight is 143 g/mol. The van der Waals surface area contributed by atoms with Crippen LogP contribution in [0, 0.1) is 0 Å². The Hall–Kier alpha value is -0.0800. The largest absolute Gasteiger partial charge is 0.377 e. The highest BCUT2D eigenvalue weighted by atomic mass is 16.5. The van der Waals surface area contributed by atoms with Crippen LogP contribution in [0.2, 0.25) is 0 Å². The van der Waals surface area contributed by atoms with Crippen molar-refractivity contribution in [3.8, 4) is 0 Å². The standard InChI is InChI=1S/C8H17NO/c1-7-8(9(2)3)5-4-6-10-7/h7-8H,4-6H2,1-3H3. The molecule has 1 fully saturated rings. The van der Waals surface area contributed by atoms with E-state index < -0.39 is 0 Å². The van der Waals surface area contributed by atoms with Gasteiger partial charge in [-0.25, -0.2) is 0 Å². The van der Waals surface area contributed by atoms with Crippen molar-refractivity contribution in [2.24, 2.45) is 0 Å². The number of nitrogens with zero attached hydrogens (tertiary/aromatic N) is 1. The quantitative estimate of drug-likeness (QED) is 0.545. The molecule has 0 aromatic carbocycles. The SMILES string of the molecule is CC1OCCCC1N(C)C. The van der Waals surface area contributed by atoms with E-state index in [2.05, 4.69) is 25.9 Å². The molecule has 0 aromatic heterocycles. The molecule has 60 valence electrons. The van der Waals surface area contributed by atoms with Gasteiger partial charge in [0.25, 0.3) is 0 Å². The third kappa shape index (κ3) is 1.70. The lowest BCUT2D eigenvalue weighted by Crippen LogP contribution is -2.42. The molecule has 2 atom stereocenters. The summed E-state index contributed by atoms with van der Waals surface area (Å²) in [5, 5.41) is 0. The molecule has 1 heterocycles. The molecule has 2 nitrogen and oxygen atoms in total. The summed E-state index contributed by atoms with van der Waals surface area (Å²) in [5.41, 5.74) is 0. The summed E-state index contributed by atoms with van der Waals surface area (Å²) in [6.45, 7) is 3.11. The number of hydrogen-bond donors (Lipinski definition) is 0. The molecular formula is C8H17NO. The summed E-state index contributed by atoms with van der Waals surface area (Å²) in [5.74, 6) is 0. The first-order chi connectivity index (χ1) is 4.72. The minimum Gasteiger partial charge on any atom is -0.377 e. The van der Waals surface area contributed by atoms with Gasteiger partial charge in [-0.05, 0) is 33.9 Å². The monoisotopic (exact) mass is 143 g/mol. The van der Waals surface area contributed by atoms with Gasteiger partial charge >= 0.3 is 0 Å². The van der Waals surface area contributed by atoms with Gasteiger partial charge in [0.15, 0.2) is 0 Å². The van der Waals surface area contributed by atoms with Crippen LogP contribution in [0.25, 0.3) is 0 Å². The Morgan fingerprint density at radius 1 is 1.40 bits per heavy atom. The fraction of sp³-hybridized carbons (Fsp3) is 1.00. The summed E-state index contributed by atoms with van der Waals surface area (Å²) in [7, 11) is 4.24. The van der Waals surface area contributed by atoms with Gasteiger partial charge in [-0.3, -0.25) is 0 Å². The molecule has 2 unspecified atom stereocenters. The van der Waals surface area contributed by atoms with E-state index in [1.165, 1.54) is 12.8 Å². The van der Waals surface area contributed by atoms with Crippen LogP contribution >= 0.6 is 0 Å². The van der Waals surface area contributed by atoms with Crippen molar-refractivity contribution in [1.82, 2.24) is 4.90 Å². The summed E-state index contributed by atoms with van der Waals surface area (Å²) < 4.78 is 5.51.